The van der Waals surface area contributed by atoms with Crippen LogP contribution >= 0.6 is 0 Å². The van der Waals surface area contributed by atoms with E-state index in [1.807, 2.05) is 12.1 Å². The number of hydrogen-bond donors (Lipinski definition) is 2. The Morgan fingerprint density at radius 1 is 1.12 bits per heavy atom. The first-order valence-corrected chi connectivity index (χ1v) is 9.21. The Morgan fingerprint density at radius 2 is 1.72 bits per heavy atom. The summed E-state index contributed by atoms with van der Waals surface area (Å²) >= 11 is 0. The minimum Gasteiger partial charge on any atom is -0.381 e. The van der Waals surface area contributed by atoms with Crippen molar-refractivity contribution in [3.8, 4) is 0 Å². The molecule has 2 atom stereocenters. The minimum atomic E-state index is -0.476. The predicted octanol–water partition coefficient (Wildman–Crippen LogP) is 1.77. The van der Waals surface area contributed by atoms with E-state index in [-0.39, 0.29) is 11.8 Å². The summed E-state index contributed by atoms with van der Waals surface area (Å²) in [6, 6.07) is 7.95. The molecule has 1 aromatic rings. The third-order valence-corrected chi connectivity index (χ3v) is 5.33. The highest BCUT2D eigenvalue weighted by Gasteiger charge is 2.26. The first kappa shape index (κ1) is 18.3. The Balaban J connectivity index is 1.55. The van der Waals surface area contributed by atoms with E-state index in [2.05, 4.69) is 29.3 Å². The Labute approximate surface area is 149 Å². The summed E-state index contributed by atoms with van der Waals surface area (Å²) in [6.45, 7) is 7.10. The summed E-state index contributed by atoms with van der Waals surface area (Å²) in [6.07, 6.45) is 1.70. The van der Waals surface area contributed by atoms with Gasteiger partial charge in [-0.3, -0.25) is 9.69 Å². The summed E-state index contributed by atoms with van der Waals surface area (Å²) in [5.41, 5.74) is 8.17. The predicted molar refractivity (Wildman–Crippen MR) is 97.4 cm³/mol. The van der Waals surface area contributed by atoms with E-state index >= 15 is 0 Å². The Kier molecular flexibility index (Phi) is 6.42. The quantitative estimate of drug-likeness (QED) is 0.849. The van der Waals surface area contributed by atoms with Crippen LogP contribution in [0, 0.1) is 5.92 Å². The molecule has 3 N–H and O–H groups in total. The second kappa shape index (κ2) is 8.76. The molecule has 1 aromatic carbocycles. The maximum atomic E-state index is 12.4. The lowest BCUT2D eigenvalue weighted by Gasteiger charge is -2.32. The number of benzene rings is 1. The number of rotatable bonds is 5. The molecular formula is C19H29N3O3. The highest BCUT2D eigenvalue weighted by molar-refractivity contribution is 5.94. The van der Waals surface area contributed by atoms with Crippen molar-refractivity contribution in [2.24, 2.45) is 11.7 Å². The summed E-state index contributed by atoms with van der Waals surface area (Å²) in [4.78, 5) is 14.8. The van der Waals surface area contributed by atoms with E-state index in [9.17, 15) is 4.79 Å². The Morgan fingerprint density at radius 3 is 2.36 bits per heavy atom. The minimum absolute atomic E-state index is 0.110. The van der Waals surface area contributed by atoms with Crippen LogP contribution < -0.4 is 11.1 Å². The molecule has 1 amide bonds. The average Bonchev–Trinajstić information content (AvgIpc) is 2.68. The standard InChI is InChI=1S/C19H29N3O3/c1-14(22-8-12-25-13-9-22)15-2-4-17(5-3-15)21-19(23)18(20)16-6-10-24-11-7-16/h2-5,14,16,18H,6-13,20H2,1H3,(H,21,23). The van der Waals surface area contributed by atoms with Crippen molar-refractivity contribution in [2.45, 2.75) is 31.8 Å². The second-order valence-corrected chi connectivity index (χ2v) is 6.91. The number of nitrogens with two attached hydrogens (primary N) is 1. The molecule has 2 heterocycles. The molecule has 2 saturated heterocycles. The summed E-state index contributed by atoms with van der Waals surface area (Å²) < 4.78 is 10.7. The zero-order chi connectivity index (χ0) is 17.6. The maximum absolute atomic E-state index is 12.4. The van der Waals surface area contributed by atoms with Gasteiger partial charge in [0.2, 0.25) is 5.91 Å². The number of hydrogen-bond acceptors (Lipinski definition) is 5. The zero-order valence-corrected chi connectivity index (χ0v) is 14.9. The van der Waals surface area contributed by atoms with Crippen molar-refractivity contribution in [2.75, 3.05) is 44.8 Å². The van der Waals surface area contributed by atoms with Gasteiger partial charge in [0.1, 0.15) is 0 Å². The van der Waals surface area contributed by atoms with Crippen molar-refractivity contribution in [1.29, 1.82) is 0 Å². The third-order valence-electron chi connectivity index (χ3n) is 5.33. The van der Waals surface area contributed by atoms with Crippen LogP contribution in [0.1, 0.15) is 31.4 Å². The van der Waals surface area contributed by atoms with Crippen LogP contribution in [-0.2, 0) is 14.3 Å². The number of morpholine rings is 1. The first-order valence-electron chi connectivity index (χ1n) is 9.21. The Hall–Kier alpha value is -1.47. The van der Waals surface area contributed by atoms with Gasteiger partial charge in [-0.15, -0.1) is 0 Å². The smallest absolute Gasteiger partial charge is 0.241 e. The topological polar surface area (TPSA) is 76.8 Å². The van der Waals surface area contributed by atoms with Crippen molar-refractivity contribution < 1.29 is 14.3 Å². The van der Waals surface area contributed by atoms with Crippen LogP contribution in [0.5, 0.6) is 0 Å². The van der Waals surface area contributed by atoms with Crippen LogP contribution in [0.3, 0.4) is 0 Å². The molecule has 0 bridgehead atoms. The Bertz CT molecular complexity index is 552. The number of ether oxygens (including phenoxy) is 2. The van der Waals surface area contributed by atoms with Gasteiger partial charge in [-0.1, -0.05) is 12.1 Å². The van der Waals surface area contributed by atoms with Crippen LogP contribution in [0.2, 0.25) is 0 Å². The molecule has 6 heteroatoms. The highest BCUT2D eigenvalue weighted by Crippen LogP contribution is 2.23. The van der Waals surface area contributed by atoms with E-state index < -0.39 is 6.04 Å². The maximum Gasteiger partial charge on any atom is 0.241 e. The lowest BCUT2D eigenvalue weighted by molar-refractivity contribution is -0.119. The fourth-order valence-corrected chi connectivity index (χ4v) is 3.54. The number of carbonyl (C=O) groups excluding carboxylic acids is 1. The van der Waals surface area contributed by atoms with Crippen LogP contribution in [0.15, 0.2) is 24.3 Å². The van der Waals surface area contributed by atoms with Crippen LogP contribution in [-0.4, -0.2) is 56.4 Å². The molecule has 2 fully saturated rings. The number of anilines is 1. The van der Waals surface area contributed by atoms with E-state index in [4.69, 9.17) is 15.2 Å². The number of nitrogens with zero attached hydrogens (tertiary/aromatic N) is 1. The monoisotopic (exact) mass is 347 g/mol. The van der Waals surface area contributed by atoms with Gasteiger partial charge in [-0.05, 0) is 43.4 Å². The van der Waals surface area contributed by atoms with Crippen molar-refractivity contribution in [3.63, 3.8) is 0 Å². The second-order valence-electron chi connectivity index (χ2n) is 6.91. The van der Waals surface area contributed by atoms with E-state index in [1.165, 1.54) is 5.56 Å². The molecule has 0 aliphatic carbocycles. The van der Waals surface area contributed by atoms with Crippen molar-refractivity contribution in [3.05, 3.63) is 29.8 Å². The van der Waals surface area contributed by atoms with Gasteiger partial charge in [0.25, 0.3) is 0 Å². The molecule has 0 saturated carbocycles. The molecule has 2 aliphatic rings. The van der Waals surface area contributed by atoms with E-state index in [1.54, 1.807) is 0 Å². The van der Waals surface area contributed by atoms with Crippen LogP contribution in [0.25, 0.3) is 0 Å². The molecule has 2 aliphatic heterocycles. The fourth-order valence-electron chi connectivity index (χ4n) is 3.54. The van der Waals surface area contributed by atoms with Gasteiger partial charge in [0.05, 0.1) is 19.3 Å². The molecule has 138 valence electrons. The van der Waals surface area contributed by atoms with Gasteiger partial charge in [0, 0.05) is 38.0 Å². The van der Waals surface area contributed by atoms with Crippen molar-refractivity contribution >= 4 is 11.6 Å². The zero-order valence-electron chi connectivity index (χ0n) is 14.9. The molecule has 3 rings (SSSR count). The first-order chi connectivity index (χ1) is 12.1. The lowest BCUT2D eigenvalue weighted by Crippen LogP contribution is -2.44. The van der Waals surface area contributed by atoms with Crippen LogP contribution in [0.4, 0.5) is 5.69 Å². The fraction of sp³-hybridized carbons (Fsp3) is 0.632. The van der Waals surface area contributed by atoms with Gasteiger partial charge in [-0.25, -0.2) is 0 Å². The van der Waals surface area contributed by atoms with Gasteiger partial charge in [0.15, 0.2) is 0 Å². The van der Waals surface area contributed by atoms with E-state index in [0.29, 0.717) is 19.3 Å². The summed E-state index contributed by atoms with van der Waals surface area (Å²) in [7, 11) is 0. The number of carbonyl (C=O) groups is 1. The molecule has 25 heavy (non-hydrogen) atoms. The molecular weight excluding hydrogens is 318 g/mol. The molecule has 2 unspecified atom stereocenters. The highest BCUT2D eigenvalue weighted by atomic mass is 16.5. The number of amides is 1. The molecule has 0 spiro atoms. The van der Waals surface area contributed by atoms with Gasteiger partial charge in [-0.2, -0.15) is 0 Å². The SMILES string of the molecule is CC(c1ccc(NC(=O)C(N)C2CCOCC2)cc1)N1CCOCC1. The average molecular weight is 347 g/mol. The van der Waals surface area contributed by atoms with Crippen molar-refractivity contribution in [1.82, 2.24) is 4.90 Å². The third kappa shape index (κ3) is 4.79. The molecule has 0 radical (unpaired) electrons. The van der Waals surface area contributed by atoms with E-state index in [0.717, 1.165) is 44.8 Å². The van der Waals surface area contributed by atoms with Gasteiger partial charge >= 0.3 is 0 Å². The molecule has 0 aromatic heterocycles. The lowest BCUT2D eigenvalue weighted by atomic mass is 9.92. The normalized spacial score (nSPS) is 22.3. The summed E-state index contributed by atoms with van der Waals surface area (Å²) in [5, 5.41) is 2.95. The van der Waals surface area contributed by atoms with Gasteiger partial charge < -0.3 is 20.5 Å². The summed E-state index contributed by atoms with van der Waals surface area (Å²) in [5.74, 6) is 0.0928. The largest absolute Gasteiger partial charge is 0.381 e. The number of nitrogens with one attached hydrogen (secondary N) is 1. The molecule has 6 nitrogen and oxygen atoms in total.